The van der Waals surface area contributed by atoms with Gasteiger partial charge in [0.2, 0.25) is 0 Å². The summed E-state index contributed by atoms with van der Waals surface area (Å²) in [6.07, 6.45) is 0. The largest absolute Gasteiger partial charge is 0.431 e. The molecule has 1 N–H and O–H groups in total. The number of oxazole rings is 1. The summed E-state index contributed by atoms with van der Waals surface area (Å²) < 4.78 is 5.87. The molecule has 168 valence electrons. The van der Waals surface area contributed by atoms with E-state index in [9.17, 15) is 4.79 Å². The lowest BCUT2D eigenvalue weighted by atomic mass is 9.98. The molecule has 0 aliphatic carbocycles. The Morgan fingerprint density at radius 3 is 2.24 bits per heavy atom. The number of para-hydroxylation sites is 1. The molecule has 0 fully saturated rings. The number of benzene rings is 4. The Labute approximate surface area is 203 Å². The van der Waals surface area contributed by atoms with E-state index in [4.69, 9.17) is 4.42 Å². The molecule has 1 amide bonds. The summed E-state index contributed by atoms with van der Waals surface area (Å²) in [5.74, 6) is 0.551. The average molecular weight is 465 g/mol. The Balaban J connectivity index is 1.32. The first kappa shape index (κ1) is 22.0. The number of carbonyl (C=O) groups is 1. The molecule has 1 heterocycles. The lowest BCUT2D eigenvalue weighted by Crippen LogP contribution is -2.29. The topological polar surface area (TPSA) is 55.1 Å². The van der Waals surface area contributed by atoms with Gasteiger partial charge in [-0.05, 0) is 47.4 Å². The number of thioether (sulfide) groups is 1. The van der Waals surface area contributed by atoms with Gasteiger partial charge in [0.25, 0.3) is 11.1 Å². The molecular formula is C29H24N2O2S. The third-order valence-electron chi connectivity index (χ3n) is 5.69. The van der Waals surface area contributed by atoms with Gasteiger partial charge in [0.05, 0.1) is 6.04 Å². The fourth-order valence-electron chi connectivity index (χ4n) is 3.94. The number of amides is 1. The Morgan fingerprint density at radius 2 is 1.56 bits per heavy atom. The van der Waals surface area contributed by atoms with Crippen molar-refractivity contribution in [2.45, 2.75) is 23.9 Å². The van der Waals surface area contributed by atoms with Crippen LogP contribution in [0.3, 0.4) is 0 Å². The number of hydrogen-bond donors (Lipinski definition) is 1. The Morgan fingerprint density at radius 1 is 0.882 bits per heavy atom. The molecule has 0 unspecified atom stereocenters. The second-order valence-electron chi connectivity index (χ2n) is 8.12. The van der Waals surface area contributed by atoms with Gasteiger partial charge in [0, 0.05) is 11.3 Å². The standard InChI is InChI=1S/C29H24N2O2S/c1-20-10-8-17-25-26(20)31-29(33-25)34-19-21-11-9-16-24(18-21)28(32)30-27(22-12-4-2-5-13-22)23-14-6-3-7-15-23/h2-18,27H,19H2,1H3,(H,30,32). The lowest BCUT2D eigenvalue weighted by Gasteiger charge is -2.20. The highest BCUT2D eigenvalue weighted by molar-refractivity contribution is 7.98. The van der Waals surface area contributed by atoms with E-state index in [1.54, 1.807) is 0 Å². The van der Waals surface area contributed by atoms with Gasteiger partial charge in [-0.15, -0.1) is 0 Å². The van der Waals surface area contributed by atoms with E-state index in [0.29, 0.717) is 16.5 Å². The van der Waals surface area contributed by atoms with E-state index >= 15 is 0 Å². The number of rotatable bonds is 7. The molecule has 0 saturated carbocycles. The van der Waals surface area contributed by atoms with Crippen molar-refractivity contribution in [1.82, 2.24) is 10.3 Å². The van der Waals surface area contributed by atoms with Crippen LogP contribution < -0.4 is 5.32 Å². The van der Waals surface area contributed by atoms with Crippen molar-refractivity contribution in [2.24, 2.45) is 0 Å². The smallest absolute Gasteiger partial charge is 0.257 e. The number of hydrogen-bond acceptors (Lipinski definition) is 4. The van der Waals surface area contributed by atoms with Crippen molar-refractivity contribution in [3.63, 3.8) is 0 Å². The van der Waals surface area contributed by atoms with E-state index in [0.717, 1.165) is 33.4 Å². The molecule has 4 aromatic carbocycles. The number of nitrogens with one attached hydrogen (secondary N) is 1. The first-order valence-electron chi connectivity index (χ1n) is 11.2. The number of carbonyl (C=O) groups excluding carboxylic acids is 1. The molecule has 4 nitrogen and oxygen atoms in total. The van der Waals surface area contributed by atoms with Crippen LogP contribution in [0.4, 0.5) is 0 Å². The van der Waals surface area contributed by atoms with Gasteiger partial charge in [-0.1, -0.05) is 96.7 Å². The second-order valence-corrected chi connectivity index (χ2v) is 9.04. The Bertz CT molecular complexity index is 1370. The van der Waals surface area contributed by atoms with Gasteiger partial charge in [-0.3, -0.25) is 4.79 Å². The molecule has 0 aliphatic rings. The van der Waals surface area contributed by atoms with Crippen LogP contribution in [0.1, 0.15) is 38.7 Å². The summed E-state index contributed by atoms with van der Waals surface area (Å²) in [5.41, 5.74) is 6.53. The summed E-state index contributed by atoms with van der Waals surface area (Å²) in [7, 11) is 0. The molecule has 0 aliphatic heterocycles. The third kappa shape index (κ3) is 4.90. The fraction of sp³-hybridized carbons (Fsp3) is 0.103. The first-order valence-corrected chi connectivity index (χ1v) is 12.1. The normalized spacial score (nSPS) is 11.1. The van der Waals surface area contributed by atoms with E-state index in [2.05, 4.69) is 10.3 Å². The quantitative estimate of drug-likeness (QED) is 0.265. The molecule has 0 radical (unpaired) electrons. The summed E-state index contributed by atoms with van der Waals surface area (Å²) in [6.45, 7) is 2.03. The van der Waals surface area contributed by atoms with Crippen LogP contribution >= 0.6 is 11.8 Å². The van der Waals surface area contributed by atoms with Gasteiger partial charge < -0.3 is 9.73 Å². The van der Waals surface area contributed by atoms with Crippen LogP contribution in [0.15, 0.2) is 113 Å². The van der Waals surface area contributed by atoms with Crippen LogP contribution in [0.5, 0.6) is 0 Å². The summed E-state index contributed by atoms with van der Waals surface area (Å²) >= 11 is 1.53. The van der Waals surface area contributed by atoms with E-state index in [-0.39, 0.29) is 11.9 Å². The van der Waals surface area contributed by atoms with E-state index in [1.165, 1.54) is 11.8 Å². The molecule has 0 spiro atoms. The zero-order valence-electron chi connectivity index (χ0n) is 18.8. The van der Waals surface area contributed by atoms with Crippen LogP contribution in [-0.4, -0.2) is 10.9 Å². The maximum Gasteiger partial charge on any atom is 0.257 e. The highest BCUT2D eigenvalue weighted by Gasteiger charge is 2.18. The highest BCUT2D eigenvalue weighted by Crippen LogP contribution is 2.28. The molecule has 0 saturated heterocycles. The van der Waals surface area contributed by atoms with Crippen molar-refractivity contribution < 1.29 is 9.21 Å². The molecule has 0 bridgehead atoms. The summed E-state index contributed by atoms with van der Waals surface area (Å²) in [4.78, 5) is 17.8. The minimum atomic E-state index is -0.226. The summed E-state index contributed by atoms with van der Waals surface area (Å²) in [5, 5.41) is 3.85. The van der Waals surface area contributed by atoms with Gasteiger partial charge in [-0.25, -0.2) is 4.98 Å². The third-order valence-corrected chi connectivity index (χ3v) is 6.59. The predicted octanol–water partition coefficient (Wildman–Crippen LogP) is 6.95. The fourth-order valence-corrected chi connectivity index (χ4v) is 4.71. The lowest BCUT2D eigenvalue weighted by molar-refractivity contribution is 0.0943. The van der Waals surface area contributed by atoms with Gasteiger partial charge >= 0.3 is 0 Å². The predicted molar refractivity (Wildman–Crippen MR) is 137 cm³/mol. The van der Waals surface area contributed by atoms with Crippen LogP contribution in [0.25, 0.3) is 11.1 Å². The average Bonchev–Trinajstić information content (AvgIpc) is 3.32. The van der Waals surface area contributed by atoms with Gasteiger partial charge in [0.15, 0.2) is 5.58 Å². The molecule has 5 aromatic rings. The minimum Gasteiger partial charge on any atom is -0.431 e. The number of fused-ring (bicyclic) bond motifs is 1. The van der Waals surface area contributed by atoms with E-state index < -0.39 is 0 Å². The maximum absolute atomic E-state index is 13.2. The SMILES string of the molecule is Cc1cccc2oc(SCc3cccc(C(=O)NC(c4ccccc4)c4ccccc4)c3)nc12. The second kappa shape index (κ2) is 9.98. The highest BCUT2D eigenvalue weighted by atomic mass is 32.2. The van der Waals surface area contributed by atoms with Crippen molar-refractivity contribution in [3.8, 4) is 0 Å². The van der Waals surface area contributed by atoms with Crippen molar-refractivity contribution in [3.05, 3.63) is 131 Å². The number of aromatic nitrogens is 1. The first-order chi connectivity index (χ1) is 16.7. The minimum absolute atomic E-state index is 0.109. The van der Waals surface area contributed by atoms with Crippen molar-refractivity contribution in [1.29, 1.82) is 0 Å². The Hall–Kier alpha value is -3.83. The summed E-state index contributed by atoms with van der Waals surface area (Å²) in [6, 6.07) is 33.5. The van der Waals surface area contributed by atoms with Crippen LogP contribution in [0.2, 0.25) is 0 Å². The molecule has 0 atom stereocenters. The van der Waals surface area contributed by atoms with Crippen LogP contribution in [0, 0.1) is 6.92 Å². The molecule has 34 heavy (non-hydrogen) atoms. The molecule has 5 heteroatoms. The number of nitrogens with zero attached hydrogens (tertiary/aromatic N) is 1. The molecule has 1 aromatic heterocycles. The Kier molecular flexibility index (Phi) is 6.45. The zero-order chi connectivity index (χ0) is 23.3. The zero-order valence-corrected chi connectivity index (χ0v) is 19.6. The van der Waals surface area contributed by atoms with Crippen molar-refractivity contribution >= 4 is 28.8 Å². The van der Waals surface area contributed by atoms with Gasteiger partial charge in [0.1, 0.15) is 5.52 Å². The maximum atomic E-state index is 13.2. The molecular weight excluding hydrogens is 440 g/mol. The van der Waals surface area contributed by atoms with E-state index in [1.807, 2.05) is 110 Å². The molecule has 5 rings (SSSR count). The van der Waals surface area contributed by atoms with Crippen molar-refractivity contribution in [2.75, 3.05) is 0 Å². The number of aryl methyl sites for hydroxylation is 1. The monoisotopic (exact) mass is 464 g/mol. The van der Waals surface area contributed by atoms with Gasteiger partial charge in [-0.2, -0.15) is 0 Å². The van der Waals surface area contributed by atoms with Crippen LogP contribution in [-0.2, 0) is 5.75 Å².